The Labute approximate surface area is 62.0 Å². The molecule has 2 heteroatoms. The predicted molar refractivity (Wildman–Crippen MR) is 39.2 cm³/mol. The fourth-order valence-corrected chi connectivity index (χ4v) is 0.871. The number of hydrogen-bond donors (Lipinski definition) is 0. The summed E-state index contributed by atoms with van der Waals surface area (Å²) in [6, 6.07) is 0. The Morgan fingerprint density at radius 3 is 2.00 bits per heavy atom. The number of rotatable bonds is 3. The smallest absolute Gasteiger partial charge is 0.0941 e. The van der Waals surface area contributed by atoms with Gasteiger partial charge in [-0.05, 0) is 13.3 Å². The molecule has 0 fully saturated rings. The van der Waals surface area contributed by atoms with E-state index in [0.717, 1.165) is 6.42 Å². The summed E-state index contributed by atoms with van der Waals surface area (Å²) >= 11 is 5.81. The molecule has 3 unspecified atom stereocenters. The van der Waals surface area contributed by atoms with Crippen LogP contribution in [0, 0.1) is 5.92 Å². The van der Waals surface area contributed by atoms with Gasteiger partial charge >= 0.3 is 0 Å². The topological polar surface area (TPSA) is 19.9 Å². The van der Waals surface area contributed by atoms with Gasteiger partial charge in [-0.2, -0.15) is 0 Å². The fraction of sp³-hybridized carbons (Fsp3) is 1.00. The summed E-state index contributed by atoms with van der Waals surface area (Å²) < 4.78 is 0. The van der Waals surface area contributed by atoms with Gasteiger partial charge in [-0.25, -0.2) is 5.11 Å². The molecule has 0 heterocycles. The van der Waals surface area contributed by atoms with E-state index in [2.05, 4.69) is 0 Å². The molecule has 0 saturated carbocycles. The molecule has 55 valence electrons. The van der Waals surface area contributed by atoms with E-state index in [-0.39, 0.29) is 11.3 Å². The lowest BCUT2D eigenvalue weighted by Crippen LogP contribution is -2.21. The molecule has 0 aliphatic heterocycles. The summed E-state index contributed by atoms with van der Waals surface area (Å²) in [5, 5.41) is 10.8. The highest BCUT2D eigenvalue weighted by molar-refractivity contribution is 6.20. The third-order valence-electron chi connectivity index (χ3n) is 1.70. The summed E-state index contributed by atoms with van der Waals surface area (Å²) in [5.41, 5.74) is 0. The highest BCUT2D eigenvalue weighted by Crippen LogP contribution is 2.17. The lowest BCUT2D eigenvalue weighted by molar-refractivity contribution is 0.0569. The van der Waals surface area contributed by atoms with Crippen molar-refractivity contribution in [2.45, 2.75) is 38.7 Å². The van der Waals surface area contributed by atoms with Crippen LogP contribution in [-0.2, 0) is 5.11 Å². The van der Waals surface area contributed by atoms with Gasteiger partial charge in [0.1, 0.15) is 0 Å². The lowest BCUT2D eigenvalue weighted by Gasteiger charge is -2.16. The summed E-state index contributed by atoms with van der Waals surface area (Å²) in [6.45, 7) is 5.56. The Hall–Kier alpha value is 0.250. The zero-order valence-electron chi connectivity index (χ0n) is 6.23. The van der Waals surface area contributed by atoms with Crippen LogP contribution in [0.15, 0.2) is 0 Å². The van der Waals surface area contributed by atoms with Crippen LogP contribution in [-0.4, -0.2) is 11.5 Å². The van der Waals surface area contributed by atoms with Crippen molar-refractivity contribution in [2.75, 3.05) is 0 Å². The van der Waals surface area contributed by atoms with Crippen LogP contribution in [0.4, 0.5) is 0 Å². The first-order valence-electron chi connectivity index (χ1n) is 3.39. The molecule has 0 rings (SSSR count). The monoisotopic (exact) mass is 149 g/mol. The van der Waals surface area contributed by atoms with Gasteiger partial charge in [0, 0.05) is 11.3 Å². The first-order valence-corrected chi connectivity index (χ1v) is 3.83. The molecule has 0 N–H and O–H groups in total. The highest BCUT2D eigenvalue weighted by atomic mass is 35.5. The number of halogens is 1. The van der Waals surface area contributed by atoms with Crippen LogP contribution < -0.4 is 0 Å². The molecule has 3 atom stereocenters. The van der Waals surface area contributed by atoms with Crippen molar-refractivity contribution < 1.29 is 5.11 Å². The third kappa shape index (κ3) is 3.07. The first-order chi connectivity index (χ1) is 4.09. The third-order valence-corrected chi connectivity index (χ3v) is 2.41. The Morgan fingerprint density at radius 2 is 1.89 bits per heavy atom. The molecule has 0 aromatic heterocycles. The Balaban J connectivity index is 3.58. The average Bonchev–Trinajstić information content (AvgIpc) is 1.84. The minimum absolute atomic E-state index is 0.0532. The molecule has 0 amide bonds. The van der Waals surface area contributed by atoms with E-state index in [1.807, 2.05) is 13.8 Å². The predicted octanol–water partition coefficient (Wildman–Crippen LogP) is 2.46. The first kappa shape index (κ1) is 9.25. The van der Waals surface area contributed by atoms with Gasteiger partial charge in [-0.1, -0.05) is 13.8 Å². The molecular weight excluding hydrogens is 136 g/mol. The quantitative estimate of drug-likeness (QED) is 0.550. The summed E-state index contributed by atoms with van der Waals surface area (Å²) in [5.74, 6) is 0.0941. The molecular formula is C7H14ClO. The minimum Gasteiger partial charge on any atom is -0.233 e. The van der Waals surface area contributed by atoms with Gasteiger partial charge in [-0.15, -0.1) is 11.6 Å². The SMILES string of the molecule is CCC(Cl)C(C)C(C)[O]. The van der Waals surface area contributed by atoms with Crippen molar-refractivity contribution in [3.8, 4) is 0 Å². The molecule has 0 aromatic rings. The molecule has 0 spiro atoms. The maximum absolute atomic E-state index is 10.7. The number of hydrogen-bond acceptors (Lipinski definition) is 0. The molecule has 0 bridgehead atoms. The molecule has 0 aliphatic rings. The van der Waals surface area contributed by atoms with Gasteiger partial charge in [0.25, 0.3) is 0 Å². The van der Waals surface area contributed by atoms with E-state index in [4.69, 9.17) is 11.6 Å². The highest BCUT2D eigenvalue weighted by Gasteiger charge is 2.17. The van der Waals surface area contributed by atoms with E-state index < -0.39 is 6.10 Å². The van der Waals surface area contributed by atoms with Gasteiger partial charge < -0.3 is 0 Å². The van der Waals surface area contributed by atoms with Crippen molar-refractivity contribution in [3.05, 3.63) is 0 Å². The maximum atomic E-state index is 10.7. The zero-order chi connectivity index (χ0) is 7.44. The Bertz CT molecular complexity index is 73.3. The van der Waals surface area contributed by atoms with Gasteiger partial charge in [-0.3, -0.25) is 0 Å². The summed E-state index contributed by atoms with van der Waals surface area (Å²) in [4.78, 5) is 0. The second-order valence-corrected chi connectivity index (χ2v) is 3.05. The minimum atomic E-state index is -0.535. The molecule has 1 radical (unpaired) electrons. The molecule has 0 aromatic carbocycles. The van der Waals surface area contributed by atoms with E-state index in [1.165, 1.54) is 0 Å². The largest absolute Gasteiger partial charge is 0.233 e. The molecule has 1 nitrogen and oxygen atoms in total. The lowest BCUT2D eigenvalue weighted by atomic mass is 10.0. The van der Waals surface area contributed by atoms with E-state index in [1.54, 1.807) is 6.92 Å². The van der Waals surface area contributed by atoms with Gasteiger partial charge in [0.15, 0.2) is 0 Å². The zero-order valence-corrected chi connectivity index (χ0v) is 6.98. The second kappa shape index (κ2) is 4.13. The van der Waals surface area contributed by atoms with Gasteiger partial charge in [0.2, 0.25) is 0 Å². The van der Waals surface area contributed by atoms with Crippen molar-refractivity contribution >= 4 is 11.6 Å². The van der Waals surface area contributed by atoms with E-state index in [9.17, 15) is 5.11 Å². The average molecular weight is 150 g/mol. The van der Waals surface area contributed by atoms with Gasteiger partial charge in [0.05, 0.1) is 6.10 Å². The summed E-state index contributed by atoms with van der Waals surface area (Å²) in [6.07, 6.45) is 0.349. The second-order valence-electron chi connectivity index (χ2n) is 2.49. The van der Waals surface area contributed by atoms with Crippen LogP contribution in [0.1, 0.15) is 27.2 Å². The number of alkyl halides is 1. The van der Waals surface area contributed by atoms with Crippen LogP contribution in [0.5, 0.6) is 0 Å². The standard InChI is InChI=1S/C7H14ClO/c1-4-7(8)5(2)6(3)9/h5-7H,4H2,1-3H3. The Kier molecular flexibility index (Phi) is 4.24. The van der Waals surface area contributed by atoms with Crippen LogP contribution in [0.3, 0.4) is 0 Å². The van der Waals surface area contributed by atoms with Crippen LogP contribution >= 0.6 is 11.6 Å². The van der Waals surface area contributed by atoms with E-state index in [0.29, 0.717) is 0 Å². The van der Waals surface area contributed by atoms with Crippen molar-refractivity contribution in [3.63, 3.8) is 0 Å². The van der Waals surface area contributed by atoms with Crippen LogP contribution in [0.2, 0.25) is 0 Å². The maximum Gasteiger partial charge on any atom is 0.0941 e. The van der Waals surface area contributed by atoms with Crippen molar-refractivity contribution in [2.24, 2.45) is 5.92 Å². The Morgan fingerprint density at radius 1 is 1.44 bits per heavy atom. The summed E-state index contributed by atoms with van der Waals surface area (Å²) in [7, 11) is 0. The van der Waals surface area contributed by atoms with Crippen molar-refractivity contribution in [1.82, 2.24) is 0 Å². The molecule has 0 aliphatic carbocycles. The van der Waals surface area contributed by atoms with Crippen molar-refractivity contribution in [1.29, 1.82) is 0 Å². The van der Waals surface area contributed by atoms with E-state index >= 15 is 0 Å². The fourth-order valence-electron chi connectivity index (χ4n) is 0.666. The molecule has 9 heavy (non-hydrogen) atoms. The molecule has 0 saturated heterocycles. The van der Waals surface area contributed by atoms with Crippen LogP contribution in [0.25, 0.3) is 0 Å². The normalized spacial score (nSPS) is 21.0.